The molecule has 1 aromatic rings. The summed E-state index contributed by atoms with van der Waals surface area (Å²) >= 11 is -0.472. The second-order valence-electron chi connectivity index (χ2n) is 1.86. The molecule has 0 aliphatic rings. The van der Waals surface area contributed by atoms with E-state index in [0.29, 0.717) is 0 Å². The minimum absolute atomic E-state index is 0.472. The summed E-state index contributed by atoms with van der Waals surface area (Å²) in [7, 11) is 9.75. The molecule has 0 aromatic heterocycles. The summed E-state index contributed by atoms with van der Waals surface area (Å²) < 4.78 is 0. The van der Waals surface area contributed by atoms with Gasteiger partial charge in [0.05, 0.1) is 0 Å². The molecule has 0 amide bonds. The average molecular weight is 383 g/mol. The van der Waals surface area contributed by atoms with Crippen molar-refractivity contribution in [3.05, 3.63) is 48.9 Å². The molecule has 0 saturated heterocycles. The Balaban J connectivity index is 0.000000354. The van der Waals surface area contributed by atoms with Crippen molar-refractivity contribution in [1.82, 2.24) is 0 Å². The van der Waals surface area contributed by atoms with E-state index in [1.165, 1.54) is 5.56 Å². The van der Waals surface area contributed by atoms with Gasteiger partial charge >= 0.3 is 35.3 Å². The van der Waals surface area contributed by atoms with Gasteiger partial charge in [0.2, 0.25) is 0 Å². The minimum atomic E-state index is -0.472. The fraction of sp³-hybridized carbons (Fsp3) is 0. The molecule has 0 fully saturated rings. The zero-order valence-electron chi connectivity index (χ0n) is 6.32. The van der Waals surface area contributed by atoms with Crippen LogP contribution in [0, 0.1) is 6.92 Å². The van der Waals surface area contributed by atoms with Crippen molar-refractivity contribution in [2.75, 3.05) is 0 Å². The van der Waals surface area contributed by atoms with Crippen LogP contribution >= 0.6 is 18.8 Å². The van der Waals surface area contributed by atoms with E-state index >= 15 is 0 Å². The number of halogens is 2. The van der Waals surface area contributed by atoms with Crippen LogP contribution in [-0.2, 0) is 16.5 Å². The van der Waals surface area contributed by atoms with E-state index in [1.807, 2.05) is 36.4 Å². The molecule has 0 nitrogen and oxygen atoms in total. The van der Waals surface area contributed by atoms with E-state index < -0.39 is 16.5 Å². The second kappa shape index (κ2) is 9.32. The summed E-state index contributed by atoms with van der Waals surface area (Å²) in [6, 6.07) is 10.1. The quantitative estimate of drug-likeness (QED) is 0.690. The van der Waals surface area contributed by atoms with Gasteiger partial charge in [0.1, 0.15) is 0 Å². The van der Waals surface area contributed by atoms with Crippen molar-refractivity contribution >= 4 is 24.9 Å². The van der Waals surface area contributed by atoms with Crippen molar-refractivity contribution < 1.29 is 16.5 Å². The summed E-state index contributed by atoms with van der Waals surface area (Å²) in [6.45, 7) is 3.60. The molecule has 0 spiro atoms. The van der Waals surface area contributed by atoms with Gasteiger partial charge in [-0.25, -0.2) is 0 Å². The third-order valence-electron chi connectivity index (χ3n) is 1.11. The normalized spacial score (nSPS) is 9.58. The van der Waals surface area contributed by atoms with E-state index in [-0.39, 0.29) is 0 Å². The number of hydrogen-bond acceptors (Lipinski definition) is 0. The Hall–Kier alpha value is 0.228. The number of allylic oxidation sites excluding steroid dienone is 1. The summed E-state index contributed by atoms with van der Waals surface area (Å²) in [5, 5.41) is 0. The van der Waals surface area contributed by atoms with Crippen molar-refractivity contribution in [2.24, 2.45) is 0 Å². The fourth-order valence-electron chi connectivity index (χ4n) is 0.700. The molecule has 0 bridgehead atoms. The Morgan fingerprint density at radius 1 is 1.17 bits per heavy atom. The molecule has 0 N–H and O–H groups in total. The molecular formula is C9H9Cl2Pt. The van der Waals surface area contributed by atoms with Crippen LogP contribution in [0.5, 0.6) is 0 Å². The van der Waals surface area contributed by atoms with Crippen LogP contribution in [0.15, 0.2) is 36.4 Å². The standard InChI is InChI=1S/C9H9.2ClH.Pt/c1-2-6-9-7-4-3-5-8-9;;;/h2-8H,1H2;2*1H;/q;;;+2/p-2/b6-2+;;;. The Kier molecular flexibility index (Phi) is 9.49. The summed E-state index contributed by atoms with van der Waals surface area (Å²) in [4.78, 5) is 0. The molecule has 1 rings (SSSR count). The van der Waals surface area contributed by atoms with Crippen LogP contribution in [0.2, 0.25) is 0 Å². The molecule has 0 heterocycles. The molecule has 0 aliphatic heterocycles. The number of rotatable bonds is 1. The van der Waals surface area contributed by atoms with Crippen LogP contribution in [0.4, 0.5) is 0 Å². The molecule has 0 atom stereocenters. The predicted octanol–water partition coefficient (Wildman–Crippen LogP) is 3.91. The first kappa shape index (κ1) is 12.2. The van der Waals surface area contributed by atoms with Crippen LogP contribution in [0.3, 0.4) is 0 Å². The zero-order valence-corrected chi connectivity index (χ0v) is 10.1. The van der Waals surface area contributed by atoms with Gasteiger partial charge in [0.15, 0.2) is 0 Å². The van der Waals surface area contributed by atoms with E-state index in [0.717, 1.165) is 0 Å². The monoisotopic (exact) mass is 382 g/mol. The van der Waals surface area contributed by atoms with Crippen LogP contribution in [0.25, 0.3) is 6.08 Å². The van der Waals surface area contributed by atoms with Gasteiger partial charge in [-0.15, -0.1) is 0 Å². The third-order valence-corrected chi connectivity index (χ3v) is 1.11. The van der Waals surface area contributed by atoms with E-state index in [4.69, 9.17) is 18.8 Å². The van der Waals surface area contributed by atoms with Gasteiger partial charge < -0.3 is 0 Å². The van der Waals surface area contributed by atoms with E-state index in [9.17, 15) is 0 Å². The molecule has 0 unspecified atom stereocenters. The Bertz CT molecular complexity index is 209. The van der Waals surface area contributed by atoms with Gasteiger partial charge in [-0.3, -0.25) is 0 Å². The average Bonchev–Trinajstić information content (AvgIpc) is 2.08. The van der Waals surface area contributed by atoms with Gasteiger partial charge in [0.25, 0.3) is 0 Å². The Labute approximate surface area is 90.0 Å². The summed E-state index contributed by atoms with van der Waals surface area (Å²) in [6.07, 6.45) is 3.76. The van der Waals surface area contributed by atoms with Crippen molar-refractivity contribution in [3.8, 4) is 0 Å². The molecule has 12 heavy (non-hydrogen) atoms. The van der Waals surface area contributed by atoms with E-state index in [2.05, 4.69) is 6.92 Å². The molecule has 69 valence electrons. The first-order valence-electron chi connectivity index (χ1n) is 3.18. The van der Waals surface area contributed by atoms with Gasteiger partial charge in [0, 0.05) is 0 Å². The summed E-state index contributed by atoms with van der Waals surface area (Å²) in [5.74, 6) is 0. The van der Waals surface area contributed by atoms with Crippen LogP contribution < -0.4 is 0 Å². The molecule has 3 heteroatoms. The van der Waals surface area contributed by atoms with Crippen LogP contribution in [-0.4, -0.2) is 0 Å². The maximum atomic E-state index is 4.88. The van der Waals surface area contributed by atoms with Gasteiger partial charge in [-0.2, -0.15) is 0 Å². The zero-order chi connectivity index (χ0) is 9.23. The predicted molar refractivity (Wildman–Crippen MR) is 52.5 cm³/mol. The molecule has 1 radical (unpaired) electrons. The SMILES string of the molecule is [CH2]/C=C/c1ccccc1.[Cl][Pt][Cl]. The first-order chi connectivity index (χ1) is 5.85. The first-order valence-corrected chi connectivity index (χ1v) is 8.81. The Morgan fingerprint density at radius 2 is 1.67 bits per heavy atom. The molecular weight excluding hydrogens is 374 g/mol. The van der Waals surface area contributed by atoms with Crippen molar-refractivity contribution in [3.63, 3.8) is 0 Å². The number of hydrogen-bond donors (Lipinski definition) is 0. The van der Waals surface area contributed by atoms with Gasteiger partial charge in [-0.1, -0.05) is 42.5 Å². The molecule has 0 saturated carbocycles. The van der Waals surface area contributed by atoms with Crippen molar-refractivity contribution in [2.45, 2.75) is 0 Å². The molecule has 1 aromatic carbocycles. The second-order valence-corrected chi connectivity index (χ2v) is 5.14. The van der Waals surface area contributed by atoms with Gasteiger partial charge in [-0.05, 0) is 12.5 Å². The fourth-order valence-corrected chi connectivity index (χ4v) is 0.700. The van der Waals surface area contributed by atoms with Crippen molar-refractivity contribution in [1.29, 1.82) is 0 Å². The Morgan fingerprint density at radius 3 is 2.08 bits per heavy atom. The van der Waals surface area contributed by atoms with E-state index in [1.54, 1.807) is 6.08 Å². The molecule has 0 aliphatic carbocycles. The third kappa shape index (κ3) is 6.91. The summed E-state index contributed by atoms with van der Waals surface area (Å²) in [5.41, 5.74) is 1.20. The number of benzene rings is 1. The van der Waals surface area contributed by atoms with Crippen LogP contribution in [0.1, 0.15) is 5.56 Å². The maximum absolute atomic E-state index is 4.88. The topological polar surface area (TPSA) is 0 Å².